The minimum absolute atomic E-state index is 0.121. The first-order valence-corrected chi connectivity index (χ1v) is 7.15. The summed E-state index contributed by atoms with van der Waals surface area (Å²) in [5, 5.41) is 3.65. The zero-order chi connectivity index (χ0) is 14.4. The maximum absolute atomic E-state index is 13.3. The normalized spacial score (nSPS) is 12.3. The van der Waals surface area contributed by atoms with Crippen LogP contribution in [0.5, 0.6) is 0 Å². The van der Waals surface area contributed by atoms with Crippen LogP contribution in [0.25, 0.3) is 0 Å². The van der Waals surface area contributed by atoms with Gasteiger partial charge in [-0.15, -0.1) is 0 Å². The molecule has 1 aromatic heterocycles. The standard InChI is InChI=1S/C16H18ClFN2/c1-2-7-20-16(10-12-5-8-19-9-6-12)13-3-4-15(18)14(17)11-13/h3-6,8-9,11,16,20H,2,7,10H2,1H3. The third-order valence-corrected chi connectivity index (χ3v) is 3.47. The molecular formula is C16H18ClFN2. The van der Waals surface area contributed by atoms with E-state index in [9.17, 15) is 4.39 Å². The number of benzene rings is 1. The molecule has 1 atom stereocenters. The number of halogens is 2. The average molecular weight is 293 g/mol. The molecule has 1 N–H and O–H groups in total. The summed E-state index contributed by atoms with van der Waals surface area (Å²) >= 11 is 5.88. The Hall–Kier alpha value is -1.45. The van der Waals surface area contributed by atoms with Crippen molar-refractivity contribution in [2.45, 2.75) is 25.8 Å². The van der Waals surface area contributed by atoms with Crippen LogP contribution in [0.2, 0.25) is 5.02 Å². The summed E-state index contributed by atoms with van der Waals surface area (Å²) in [6.07, 6.45) is 5.43. The molecule has 1 aromatic carbocycles. The molecule has 2 nitrogen and oxygen atoms in total. The molecule has 0 amide bonds. The van der Waals surface area contributed by atoms with E-state index in [2.05, 4.69) is 17.2 Å². The molecule has 2 aromatic rings. The summed E-state index contributed by atoms with van der Waals surface area (Å²) in [6.45, 7) is 3.03. The molecule has 0 aliphatic carbocycles. The second-order valence-electron chi connectivity index (χ2n) is 4.74. The van der Waals surface area contributed by atoms with Crippen molar-refractivity contribution in [3.63, 3.8) is 0 Å². The van der Waals surface area contributed by atoms with Gasteiger partial charge < -0.3 is 5.32 Å². The summed E-state index contributed by atoms with van der Waals surface area (Å²) < 4.78 is 13.3. The van der Waals surface area contributed by atoms with E-state index in [4.69, 9.17) is 11.6 Å². The number of nitrogens with zero attached hydrogens (tertiary/aromatic N) is 1. The van der Waals surface area contributed by atoms with Crippen molar-refractivity contribution in [1.82, 2.24) is 10.3 Å². The quantitative estimate of drug-likeness (QED) is 0.865. The van der Waals surface area contributed by atoms with Crippen LogP contribution in [-0.4, -0.2) is 11.5 Å². The highest BCUT2D eigenvalue weighted by molar-refractivity contribution is 6.30. The Bertz CT molecular complexity index is 545. The summed E-state index contributed by atoms with van der Waals surface area (Å²) in [7, 11) is 0. The van der Waals surface area contributed by atoms with E-state index in [1.807, 2.05) is 12.1 Å². The van der Waals surface area contributed by atoms with Crippen LogP contribution >= 0.6 is 11.6 Å². The molecule has 0 aliphatic rings. The zero-order valence-corrected chi connectivity index (χ0v) is 12.2. The van der Waals surface area contributed by atoms with Crippen molar-refractivity contribution in [3.05, 3.63) is 64.7 Å². The monoisotopic (exact) mass is 292 g/mol. The van der Waals surface area contributed by atoms with Crippen LogP contribution in [0, 0.1) is 5.82 Å². The average Bonchev–Trinajstić information content (AvgIpc) is 2.47. The van der Waals surface area contributed by atoms with Crippen molar-refractivity contribution < 1.29 is 4.39 Å². The lowest BCUT2D eigenvalue weighted by Gasteiger charge is -2.19. The molecule has 0 saturated carbocycles. The minimum atomic E-state index is -0.381. The second-order valence-corrected chi connectivity index (χ2v) is 5.15. The number of rotatable bonds is 6. The Morgan fingerprint density at radius 2 is 2.00 bits per heavy atom. The van der Waals surface area contributed by atoms with Crippen LogP contribution in [0.4, 0.5) is 4.39 Å². The lowest BCUT2D eigenvalue weighted by Crippen LogP contribution is -2.24. The maximum Gasteiger partial charge on any atom is 0.141 e. The molecule has 0 radical (unpaired) electrons. The highest BCUT2D eigenvalue weighted by Gasteiger charge is 2.13. The second kappa shape index (κ2) is 7.36. The zero-order valence-electron chi connectivity index (χ0n) is 11.4. The molecule has 2 rings (SSSR count). The fourth-order valence-corrected chi connectivity index (χ4v) is 2.30. The van der Waals surface area contributed by atoms with Crippen molar-refractivity contribution in [3.8, 4) is 0 Å². The molecule has 1 heterocycles. The molecule has 4 heteroatoms. The number of nitrogens with one attached hydrogen (secondary N) is 1. The Morgan fingerprint density at radius 1 is 1.25 bits per heavy atom. The fraction of sp³-hybridized carbons (Fsp3) is 0.312. The van der Waals surface area contributed by atoms with Crippen molar-refractivity contribution in [2.24, 2.45) is 0 Å². The van der Waals surface area contributed by atoms with E-state index in [0.717, 1.165) is 24.9 Å². The van der Waals surface area contributed by atoms with Crippen LogP contribution in [-0.2, 0) is 6.42 Å². The van der Waals surface area contributed by atoms with Gasteiger partial charge in [-0.25, -0.2) is 4.39 Å². The van der Waals surface area contributed by atoms with Crippen molar-refractivity contribution >= 4 is 11.6 Å². The molecule has 0 spiro atoms. The van der Waals surface area contributed by atoms with Gasteiger partial charge in [-0.2, -0.15) is 0 Å². The predicted octanol–water partition coefficient (Wildman–Crippen LogP) is 4.16. The Morgan fingerprint density at radius 3 is 2.65 bits per heavy atom. The van der Waals surface area contributed by atoms with Gasteiger partial charge in [-0.3, -0.25) is 4.98 Å². The van der Waals surface area contributed by atoms with Gasteiger partial charge in [0.2, 0.25) is 0 Å². The van der Waals surface area contributed by atoms with E-state index in [1.165, 1.54) is 11.6 Å². The molecule has 0 fully saturated rings. The topological polar surface area (TPSA) is 24.9 Å². The van der Waals surface area contributed by atoms with E-state index < -0.39 is 0 Å². The third kappa shape index (κ3) is 4.02. The molecule has 20 heavy (non-hydrogen) atoms. The van der Waals surface area contributed by atoms with Gasteiger partial charge in [0.25, 0.3) is 0 Å². The summed E-state index contributed by atoms with van der Waals surface area (Å²) in [6, 6.07) is 9.01. The summed E-state index contributed by atoms with van der Waals surface area (Å²) in [4.78, 5) is 4.02. The van der Waals surface area contributed by atoms with Crippen LogP contribution in [0.1, 0.15) is 30.5 Å². The molecular weight excluding hydrogens is 275 g/mol. The SMILES string of the molecule is CCCNC(Cc1ccncc1)c1ccc(F)c(Cl)c1. The molecule has 0 bridgehead atoms. The Labute approximate surface area is 124 Å². The number of hydrogen-bond donors (Lipinski definition) is 1. The number of pyridine rings is 1. The van der Waals surface area contributed by atoms with E-state index in [-0.39, 0.29) is 16.9 Å². The van der Waals surface area contributed by atoms with Crippen LogP contribution in [0.15, 0.2) is 42.7 Å². The molecule has 0 aliphatic heterocycles. The van der Waals surface area contributed by atoms with Gasteiger partial charge in [0, 0.05) is 18.4 Å². The highest BCUT2D eigenvalue weighted by Crippen LogP contribution is 2.23. The first kappa shape index (κ1) is 14.9. The molecule has 0 saturated heterocycles. The van der Waals surface area contributed by atoms with E-state index in [1.54, 1.807) is 24.5 Å². The molecule has 1 unspecified atom stereocenters. The van der Waals surface area contributed by atoms with Crippen LogP contribution in [0.3, 0.4) is 0 Å². The number of hydrogen-bond acceptors (Lipinski definition) is 2. The summed E-state index contributed by atoms with van der Waals surface area (Å²) in [5.41, 5.74) is 2.19. The lowest BCUT2D eigenvalue weighted by molar-refractivity contribution is 0.527. The fourth-order valence-electron chi connectivity index (χ4n) is 2.11. The van der Waals surface area contributed by atoms with Crippen LogP contribution < -0.4 is 5.32 Å². The summed E-state index contributed by atoms with van der Waals surface area (Å²) in [5.74, 6) is -0.381. The Kier molecular flexibility index (Phi) is 5.50. The van der Waals surface area contributed by atoms with Gasteiger partial charge in [0.1, 0.15) is 5.82 Å². The maximum atomic E-state index is 13.3. The largest absolute Gasteiger partial charge is 0.310 e. The minimum Gasteiger partial charge on any atom is -0.310 e. The van der Waals surface area contributed by atoms with Gasteiger partial charge in [-0.05, 0) is 54.8 Å². The first-order chi connectivity index (χ1) is 9.70. The third-order valence-electron chi connectivity index (χ3n) is 3.18. The lowest BCUT2D eigenvalue weighted by atomic mass is 9.99. The van der Waals surface area contributed by atoms with E-state index >= 15 is 0 Å². The predicted molar refractivity (Wildman–Crippen MR) is 80.4 cm³/mol. The van der Waals surface area contributed by atoms with Gasteiger partial charge in [0.15, 0.2) is 0 Å². The highest BCUT2D eigenvalue weighted by atomic mass is 35.5. The van der Waals surface area contributed by atoms with E-state index in [0.29, 0.717) is 0 Å². The van der Waals surface area contributed by atoms with Gasteiger partial charge in [0.05, 0.1) is 5.02 Å². The Balaban J connectivity index is 2.20. The molecule has 106 valence electrons. The number of aromatic nitrogens is 1. The van der Waals surface area contributed by atoms with Crippen molar-refractivity contribution in [2.75, 3.05) is 6.54 Å². The van der Waals surface area contributed by atoms with Crippen molar-refractivity contribution in [1.29, 1.82) is 0 Å². The van der Waals surface area contributed by atoms with Gasteiger partial charge in [-0.1, -0.05) is 24.6 Å². The smallest absolute Gasteiger partial charge is 0.141 e. The van der Waals surface area contributed by atoms with Gasteiger partial charge >= 0.3 is 0 Å². The first-order valence-electron chi connectivity index (χ1n) is 6.78.